The Balaban J connectivity index is 2.22. The van der Waals surface area contributed by atoms with Crippen molar-refractivity contribution >= 4 is 15.9 Å². The third-order valence-corrected chi connectivity index (χ3v) is 4.00. The lowest BCUT2D eigenvalue weighted by molar-refractivity contribution is -0.00185. The minimum atomic E-state index is -0.757. The van der Waals surface area contributed by atoms with Gasteiger partial charge in [0.2, 0.25) is 0 Å². The van der Waals surface area contributed by atoms with E-state index in [0.717, 1.165) is 30.2 Å². The van der Waals surface area contributed by atoms with Crippen LogP contribution in [0.25, 0.3) is 0 Å². The number of aliphatic hydroxyl groups is 1. The van der Waals surface area contributed by atoms with Crippen molar-refractivity contribution in [2.45, 2.75) is 44.6 Å². The standard InChI is InChI=1S/C12H17BrO2/c1-9-3-2-6-12(14,7-4-9)11-10(13)5-8-15-11/h5,8-9,14H,2-4,6-7H2,1H3. The maximum absolute atomic E-state index is 10.6. The first-order valence-electron chi connectivity index (χ1n) is 5.58. The molecule has 1 N–H and O–H groups in total. The molecule has 84 valence electrons. The van der Waals surface area contributed by atoms with E-state index >= 15 is 0 Å². The summed E-state index contributed by atoms with van der Waals surface area (Å²) in [6, 6.07) is 1.85. The summed E-state index contributed by atoms with van der Waals surface area (Å²) in [6.07, 6.45) is 6.60. The van der Waals surface area contributed by atoms with Gasteiger partial charge in [-0.3, -0.25) is 0 Å². The van der Waals surface area contributed by atoms with Crippen molar-refractivity contribution < 1.29 is 9.52 Å². The van der Waals surface area contributed by atoms with Crippen LogP contribution < -0.4 is 0 Å². The topological polar surface area (TPSA) is 33.4 Å². The Bertz CT molecular complexity index is 334. The van der Waals surface area contributed by atoms with E-state index in [0.29, 0.717) is 11.7 Å². The lowest BCUT2D eigenvalue weighted by Crippen LogP contribution is -2.24. The van der Waals surface area contributed by atoms with Crippen molar-refractivity contribution in [3.8, 4) is 0 Å². The molecule has 0 amide bonds. The van der Waals surface area contributed by atoms with Crippen molar-refractivity contribution in [3.05, 3.63) is 22.6 Å². The van der Waals surface area contributed by atoms with Crippen LogP contribution in [0.4, 0.5) is 0 Å². The fourth-order valence-corrected chi connectivity index (χ4v) is 2.92. The Hall–Kier alpha value is -0.280. The molecule has 1 aliphatic carbocycles. The average molecular weight is 273 g/mol. The Morgan fingerprint density at radius 2 is 2.27 bits per heavy atom. The molecule has 0 radical (unpaired) electrons. The lowest BCUT2D eigenvalue weighted by Gasteiger charge is -2.24. The summed E-state index contributed by atoms with van der Waals surface area (Å²) in [5, 5.41) is 10.6. The van der Waals surface area contributed by atoms with Gasteiger partial charge in [0.15, 0.2) is 0 Å². The fourth-order valence-electron chi connectivity index (χ4n) is 2.35. The maximum Gasteiger partial charge on any atom is 0.149 e. The van der Waals surface area contributed by atoms with Gasteiger partial charge < -0.3 is 9.52 Å². The van der Waals surface area contributed by atoms with Crippen molar-refractivity contribution in [2.24, 2.45) is 5.92 Å². The molecular weight excluding hydrogens is 256 g/mol. The first-order chi connectivity index (χ1) is 7.12. The molecule has 2 rings (SSSR count). The Kier molecular flexibility index (Phi) is 3.21. The van der Waals surface area contributed by atoms with Crippen molar-refractivity contribution in [2.75, 3.05) is 0 Å². The highest BCUT2D eigenvalue weighted by atomic mass is 79.9. The summed E-state index contributed by atoms with van der Waals surface area (Å²) >= 11 is 3.42. The van der Waals surface area contributed by atoms with Crippen LogP contribution in [-0.4, -0.2) is 5.11 Å². The highest BCUT2D eigenvalue weighted by Crippen LogP contribution is 2.40. The minimum absolute atomic E-state index is 0.705. The van der Waals surface area contributed by atoms with Gasteiger partial charge in [-0.25, -0.2) is 0 Å². The third-order valence-electron chi connectivity index (χ3n) is 3.38. The summed E-state index contributed by atoms with van der Waals surface area (Å²) in [6.45, 7) is 2.25. The monoisotopic (exact) mass is 272 g/mol. The molecule has 0 bridgehead atoms. The van der Waals surface area contributed by atoms with Crippen LogP contribution in [0.5, 0.6) is 0 Å². The van der Waals surface area contributed by atoms with E-state index in [2.05, 4.69) is 22.9 Å². The molecular formula is C12H17BrO2. The van der Waals surface area contributed by atoms with E-state index in [1.807, 2.05) is 6.07 Å². The SMILES string of the molecule is CC1CCCC(O)(c2occc2Br)CC1. The molecule has 0 spiro atoms. The Morgan fingerprint density at radius 3 is 2.93 bits per heavy atom. The molecule has 0 aliphatic heterocycles. The second-order valence-electron chi connectivity index (χ2n) is 4.67. The zero-order valence-electron chi connectivity index (χ0n) is 9.00. The second kappa shape index (κ2) is 4.30. The van der Waals surface area contributed by atoms with Crippen LogP contribution in [0, 0.1) is 5.92 Å². The van der Waals surface area contributed by atoms with E-state index in [1.165, 1.54) is 6.42 Å². The summed E-state index contributed by atoms with van der Waals surface area (Å²) in [7, 11) is 0. The van der Waals surface area contributed by atoms with Gasteiger partial charge >= 0.3 is 0 Å². The number of hydrogen-bond donors (Lipinski definition) is 1. The van der Waals surface area contributed by atoms with Gasteiger partial charge in [-0.2, -0.15) is 0 Å². The fraction of sp³-hybridized carbons (Fsp3) is 0.667. The molecule has 1 heterocycles. The maximum atomic E-state index is 10.6. The summed E-state index contributed by atoms with van der Waals surface area (Å²) in [4.78, 5) is 0. The summed E-state index contributed by atoms with van der Waals surface area (Å²) in [5.41, 5.74) is -0.757. The van der Waals surface area contributed by atoms with Crippen molar-refractivity contribution in [1.82, 2.24) is 0 Å². The van der Waals surface area contributed by atoms with E-state index in [4.69, 9.17) is 4.42 Å². The first kappa shape index (κ1) is 11.2. The molecule has 2 unspecified atom stereocenters. The molecule has 15 heavy (non-hydrogen) atoms. The summed E-state index contributed by atoms with van der Waals surface area (Å²) < 4.78 is 6.29. The van der Waals surface area contributed by atoms with Gasteiger partial charge in [-0.05, 0) is 53.6 Å². The molecule has 2 nitrogen and oxygen atoms in total. The van der Waals surface area contributed by atoms with Crippen LogP contribution in [0.3, 0.4) is 0 Å². The first-order valence-corrected chi connectivity index (χ1v) is 6.37. The minimum Gasteiger partial charge on any atom is -0.465 e. The molecule has 1 aliphatic rings. The molecule has 2 atom stereocenters. The van der Waals surface area contributed by atoms with Crippen molar-refractivity contribution in [3.63, 3.8) is 0 Å². The van der Waals surface area contributed by atoms with Crippen LogP contribution in [0.15, 0.2) is 21.2 Å². The largest absolute Gasteiger partial charge is 0.465 e. The zero-order chi connectivity index (χ0) is 10.9. The van der Waals surface area contributed by atoms with Crippen LogP contribution in [0.1, 0.15) is 44.8 Å². The molecule has 0 aromatic carbocycles. The molecule has 1 saturated carbocycles. The molecule has 0 saturated heterocycles. The van der Waals surface area contributed by atoms with Gasteiger partial charge in [-0.15, -0.1) is 0 Å². The van der Waals surface area contributed by atoms with E-state index < -0.39 is 5.60 Å². The van der Waals surface area contributed by atoms with Gasteiger partial charge in [0.1, 0.15) is 11.4 Å². The molecule has 1 aromatic heterocycles. The van der Waals surface area contributed by atoms with Gasteiger partial charge in [0, 0.05) is 0 Å². The van der Waals surface area contributed by atoms with Crippen LogP contribution in [0.2, 0.25) is 0 Å². The normalized spacial score (nSPS) is 32.6. The molecule has 1 aromatic rings. The van der Waals surface area contributed by atoms with E-state index in [9.17, 15) is 5.11 Å². The quantitative estimate of drug-likeness (QED) is 0.789. The smallest absolute Gasteiger partial charge is 0.149 e. The van der Waals surface area contributed by atoms with Crippen molar-refractivity contribution in [1.29, 1.82) is 0 Å². The molecule has 3 heteroatoms. The highest BCUT2D eigenvalue weighted by Gasteiger charge is 2.35. The van der Waals surface area contributed by atoms with E-state index in [-0.39, 0.29) is 0 Å². The Morgan fingerprint density at radius 1 is 1.47 bits per heavy atom. The lowest BCUT2D eigenvalue weighted by atomic mass is 9.91. The Labute approximate surface area is 98.8 Å². The number of hydrogen-bond acceptors (Lipinski definition) is 2. The summed E-state index contributed by atoms with van der Waals surface area (Å²) in [5.74, 6) is 1.42. The average Bonchev–Trinajstić information content (AvgIpc) is 2.55. The van der Waals surface area contributed by atoms with Gasteiger partial charge in [-0.1, -0.05) is 13.3 Å². The predicted octanol–water partition coefficient (Wildman–Crippen LogP) is 3.83. The zero-order valence-corrected chi connectivity index (χ0v) is 10.6. The third kappa shape index (κ3) is 2.28. The number of furan rings is 1. The van der Waals surface area contributed by atoms with Gasteiger partial charge in [0.25, 0.3) is 0 Å². The van der Waals surface area contributed by atoms with E-state index in [1.54, 1.807) is 6.26 Å². The molecule has 1 fully saturated rings. The van der Waals surface area contributed by atoms with Crippen LogP contribution >= 0.6 is 15.9 Å². The van der Waals surface area contributed by atoms with Gasteiger partial charge in [0.05, 0.1) is 10.7 Å². The number of rotatable bonds is 1. The predicted molar refractivity (Wildman–Crippen MR) is 62.6 cm³/mol. The second-order valence-corrected chi connectivity index (χ2v) is 5.52. The highest BCUT2D eigenvalue weighted by molar-refractivity contribution is 9.10. The van der Waals surface area contributed by atoms with Crippen LogP contribution in [-0.2, 0) is 5.60 Å². The number of halogens is 1.